The maximum atomic E-state index is 11.3. The number of carbonyl (C=O) groups is 1. The Labute approximate surface area is 216 Å². The summed E-state index contributed by atoms with van der Waals surface area (Å²) in [5, 5.41) is 14.9. The fourth-order valence-electron chi connectivity index (χ4n) is 4.96. The van der Waals surface area contributed by atoms with E-state index < -0.39 is 12.1 Å². The Kier molecular flexibility index (Phi) is 8.03. The van der Waals surface area contributed by atoms with Gasteiger partial charge in [0.15, 0.2) is 11.5 Å². The molecule has 5 rings (SSSR count). The first-order valence-electron chi connectivity index (χ1n) is 12.7. The second-order valence-electron chi connectivity index (χ2n) is 9.41. The third-order valence-corrected chi connectivity index (χ3v) is 6.93. The summed E-state index contributed by atoms with van der Waals surface area (Å²) in [6, 6.07) is 14.3. The lowest BCUT2D eigenvalue weighted by Crippen LogP contribution is -2.44. The second-order valence-corrected chi connectivity index (χ2v) is 9.41. The lowest BCUT2D eigenvalue weighted by atomic mass is 10.0. The average Bonchev–Trinajstić information content (AvgIpc) is 2.94. The molecule has 1 aromatic heterocycles. The Balaban J connectivity index is 1.20. The van der Waals surface area contributed by atoms with Crippen LogP contribution in [0.25, 0.3) is 10.8 Å². The van der Waals surface area contributed by atoms with E-state index >= 15 is 0 Å². The number of nitrogens with zero attached hydrogens (tertiary/aromatic N) is 2. The van der Waals surface area contributed by atoms with Gasteiger partial charge in [-0.05, 0) is 67.2 Å². The number of hydrogen-bond donors (Lipinski definition) is 2. The monoisotopic (exact) mass is 507 g/mol. The third-order valence-electron chi connectivity index (χ3n) is 6.93. The molecule has 2 aliphatic rings. The van der Waals surface area contributed by atoms with Crippen LogP contribution < -0.4 is 19.5 Å². The highest BCUT2D eigenvalue weighted by Gasteiger charge is 2.25. The largest absolute Gasteiger partial charge is 0.497 e. The minimum atomic E-state index is -0.995. The Morgan fingerprint density at radius 3 is 2.73 bits per heavy atom. The van der Waals surface area contributed by atoms with Gasteiger partial charge in [0.05, 0.1) is 12.8 Å². The summed E-state index contributed by atoms with van der Waals surface area (Å²) in [5.41, 5.74) is 1.91. The molecule has 0 saturated carbocycles. The number of fused-ring (bicyclic) bond motifs is 2. The molecule has 196 valence electrons. The van der Waals surface area contributed by atoms with Gasteiger partial charge in [-0.25, -0.2) is 4.79 Å². The zero-order chi connectivity index (χ0) is 25.6. The Morgan fingerprint density at radius 2 is 1.95 bits per heavy atom. The highest BCUT2D eigenvalue weighted by Crippen LogP contribution is 2.31. The minimum absolute atomic E-state index is 0.375. The van der Waals surface area contributed by atoms with Crippen LogP contribution in [0.1, 0.15) is 30.2 Å². The van der Waals surface area contributed by atoms with Crippen molar-refractivity contribution in [3.05, 3.63) is 59.9 Å². The molecule has 0 radical (unpaired) electrons. The summed E-state index contributed by atoms with van der Waals surface area (Å²) >= 11 is 0. The van der Waals surface area contributed by atoms with E-state index in [1.54, 1.807) is 13.3 Å². The van der Waals surface area contributed by atoms with Crippen molar-refractivity contribution in [2.45, 2.75) is 31.5 Å². The minimum Gasteiger partial charge on any atom is -0.497 e. The van der Waals surface area contributed by atoms with E-state index in [2.05, 4.69) is 21.3 Å². The molecular formula is C28H33N3O6. The van der Waals surface area contributed by atoms with Gasteiger partial charge in [-0.15, -0.1) is 0 Å². The lowest BCUT2D eigenvalue weighted by molar-refractivity contribution is -0.145. The smallest absolute Gasteiger partial charge is 0.329 e. The molecule has 0 aliphatic carbocycles. The number of benzene rings is 2. The molecule has 2 N–H and O–H groups in total. The van der Waals surface area contributed by atoms with Crippen molar-refractivity contribution in [2.75, 3.05) is 46.6 Å². The van der Waals surface area contributed by atoms with Crippen LogP contribution in [-0.4, -0.2) is 73.6 Å². The Morgan fingerprint density at radius 1 is 1.14 bits per heavy atom. The quantitative estimate of drug-likeness (QED) is 0.427. The van der Waals surface area contributed by atoms with Crippen LogP contribution >= 0.6 is 0 Å². The van der Waals surface area contributed by atoms with E-state index in [1.165, 1.54) is 5.56 Å². The summed E-state index contributed by atoms with van der Waals surface area (Å²) in [6.45, 7) is 3.93. The number of carboxylic acids is 1. The van der Waals surface area contributed by atoms with Crippen LogP contribution in [0.4, 0.5) is 0 Å². The molecule has 3 aromatic rings. The van der Waals surface area contributed by atoms with Gasteiger partial charge in [0, 0.05) is 30.7 Å². The fraction of sp³-hybridized carbons (Fsp3) is 0.429. The molecule has 0 spiro atoms. The van der Waals surface area contributed by atoms with Crippen LogP contribution in [0.5, 0.6) is 17.2 Å². The lowest BCUT2D eigenvalue weighted by Gasteiger charge is -2.34. The molecular weight excluding hydrogens is 474 g/mol. The fourth-order valence-corrected chi connectivity index (χ4v) is 4.96. The van der Waals surface area contributed by atoms with E-state index in [1.807, 2.05) is 36.4 Å². The zero-order valence-electron chi connectivity index (χ0n) is 21.0. The van der Waals surface area contributed by atoms with Gasteiger partial charge in [-0.2, -0.15) is 0 Å². The first-order chi connectivity index (χ1) is 18.1. The van der Waals surface area contributed by atoms with Crippen molar-refractivity contribution in [3.8, 4) is 17.2 Å². The van der Waals surface area contributed by atoms with Gasteiger partial charge in [-0.1, -0.05) is 12.1 Å². The van der Waals surface area contributed by atoms with Crippen LogP contribution in [0, 0.1) is 0 Å². The number of methoxy groups -OCH3 is 1. The number of aliphatic carboxylic acids is 1. The predicted octanol–water partition coefficient (Wildman–Crippen LogP) is 3.41. The summed E-state index contributed by atoms with van der Waals surface area (Å²) < 4.78 is 22.6. The molecule has 2 aliphatic heterocycles. The van der Waals surface area contributed by atoms with Gasteiger partial charge >= 0.3 is 5.97 Å². The number of piperidine rings is 1. The summed E-state index contributed by atoms with van der Waals surface area (Å²) in [6.07, 6.45) is 3.27. The number of likely N-dealkylation sites (tertiary alicyclic amines) is 1. The molecule has 1 fully saturated rings. The van der Waals surface area contributed by atoms with Crippen molar-refractivity contribution in [3.63, 3.8) is 0 Å². The topological polar surface area (TPSA) is 102 Å². The molecule has 1 unspecified atom stereocenters. The summed E-state index contributed by atoms with van der Waals surface area (Å²) in [4.78, 5) is 18.2. The molecule has 9 heteroatoms. The second kappa shape index (κ2) is 11.8. The summed E-state index contributed by atoms with van der Waals surface area (Å²) in [7, 11) is 1.63. The standard InChI is InChI=1S/C28H33N3O6/c1-34-22-4-3-20-6-9-29-28(23(20)15-22)26(37-18-27(32)33)17-31-10-7-21(8-11-31)30-16-19-2-5-24-25(14-19)36-13-12-35-24/h2-6,9,14-15,21,26,30H,7-8,10-13,16-18H2,1H3,(H,32,33). The number of hydrogen-bond acceptors (Lipinski definition) is 8. The highest BCUT2D eigenvalue weighted by atomic mass is 16.6. The first-order valence-corrected chi connectivity index (χ1v) is 12.7. The first kappa shape index (κ1) is 25.3. The molecule has 0 amide bonds. The molecule has 9 nitrogen and oxygen atoms in total. The van der Waals surface area contributed by atoms with E-state index in [-0.39, 0.29) is 6.61 Å². The van der Waals surface area contributed by atoms with Crippen LogP contribution in [0.2, 0.25) is 0 Å². The number of rotatable bonds is 10. The van der Waals surface area contributed by atoms with E-state index in [0.717, 1.165) is 66.2 Å². The zero-order valence-corrected chi connectivity index (χ0v) is 21.0. The predicted molar refractivity (Wildman–Crippen MR) is 138 cm³/mol. The van der Waals surface area contributed by atoms with Gasteiger partial charge in [0.2, 0.25) is 0 Å². The number of carboxylic acid groups (broad SMARTS) is 1. The van der Waals surface area contributed by atoms with Gasteiger partial charge < -0.3 is 34.3 Å². The molecule has 1 saturated heterocycles. The highest BCUT2D eigenvalue weighted by molar-refractivity contribution is 5.86. The van der Waals surface area contributed by atoms with Gasteiger partial charge in [0.25, 0.3) is 0 Å². The summed E-state index contributed by atoms with van der Waals surface area (Å²) in [5.74, 6) is 1.35. The van der Waals surface area contributed by atoms with E-state index in [0.29, 0.717) is 25.8 Å². The average molecular weight is 508 g/mol. The molecule has 2 aromatic carbocycles. The van der Waals surface area contributed by atoms with Gasteiger partial charge in [-0.3, -0.25) is 4.98 Å². The normalized spacial score (nSPS) is 17.0. The Bertz CT molecular complexity index is 1230. The van der Waals surface area contributed by atoms with Crippen molar-refractivity contribution >= 4 is 16.7 Å². The van der Waals surface area contributed by atoms with Gasteiger partial charge in [0.1, 0.15) is 31.7 Å². The maximum absolute atomic E-state index is 11.3. The SMILES string of the molecule is COc1ccc2ccnc(C(CN3CCC(NCc4ccc5c(c4)OCCO5)CC3)OCC(=O)O)c2c1. The molecule has 0 bridgehead atoms. The van der Waals surface area contributed by atoms with Crippen molar-refractivity contribution in [1.82, 2.24) is 15.2 Å². The number of aromatic nitrogens is 1. The third kappa shape index (κ3) is 6.30. The number of ether oxygens (including phenoxy) is 4. The molecule has 1 atom stereocenters. The van der Waals surface area contributed by atoms with Crippen LogP contribution in [-0.2, 0) is 16.1 Å². The maximum Gasteiger partial charge on any atom is 0.329 e. The van der Waals surface area contributed by atoms with Crippen molar-refractivity contribution < 1.29 is 28.8 Å². The Hall–Kier alpha value is -3.40. The number of pyridine rings is 1. The molecule has 37 heavy (non-hydrogen) atoms. The van der Waals surface area contributed by atoms with E-state index in [4.69, 9.17) is 18.9 Å². The number of nitrogens with one attached hydrogen (secondary N) is 1. The van der Waals surface area contributed by atoms with Crippen molar-refractivity contribution in [2.24, 2.45) is 0 Å². The molecule has 3 heterocycles. The van der Waals surface area contributed by atoms with E-state index in [9.17, 15) is 9.90 Å². The van der Waals surface area contributed by atoms with Crippen LogP contribution in [0.15, 0.2) is 48.7 Å². The van der Waals surface area contributed by atoms with Crippen LogP contribution in [0.3, 0.4) is 0 Å². The van der Waals surface area contributed by atoms with Crippen molar-refractivity contribution in [1.29, 1.82) is 0 Å².